The van der Waals surface area contributed by atoms with Crippen molar-refractivity contribution in [2.75, 3.05) is 11.9 Å². The maximum Gasteiger partial charge on any atom is 0.222 e. The summed E-state index contributed by atoms with van der Waals surface area (Å²) in [5.41, 5.74) is 7.82. The van der Waals surface area contributed by atoms with E-state index in [1.807, 2.05) is 49.6 Å². The molecule has 0 spiro atoms. The summed E-state index contributed by atoms with van der Waals surface area (Å²) in [5.74, 6) is 0.648. The Labute approximate surface area is 107 Å². The normalized spacial score (nSPS) is 12.1. The molecule has 3 N–H and O–H groups in total. The third kappa shape index (κ3) is 3.53. The van der Waals surface area contributed by atoms with Crippen molar-refractivity contribution in [2.45, 2.75) is 19.4 Å². The van der Waals surface area contributed by atoms with Gasteiger partial charge in [-0.25, -0.2) is 9.97 Å². The van der Waals surface area contributed by atoms with Gasteiger partial charge in [-0.05, 0) is 18.9 Å². The smallest absolute Gasteiger partial charge is 0.222 e. The molecule has 18 heavy (non-hydrogen) atoms. The van der Waals surface area contributed by atoms with Crippen LogP contribution in [0.5, 0.6) is 0 Å². The van der Waals surface area contributed by atoms with Crippen LogP contribution in [0.4, 0.5) is 5.95 Å². The van der Waals surface area contributed by atoms with Gasteiger partial charge in [0.1, 0.15) is 0 Å². The fraction of sp³-hybridized carbons (Fsp3) is 0.286. The maximum absolute atomic E-state index is 5.68. The quantitative estimate of drug-likeness (QED) is 0.844. The second kappa shape index (κ2) is 6.12. The first-order valence-electron chi connectivity index (χ1n) is 6.12. The molecule has 4 heteroatoms. The molecular formula is C14H18N4. The van der Waals surface area contributed by atoms with Gasteiger partial charge in [0.05, 0.1) is 0 Å². The molecule has 0 saturated heterocycles. The molecule has 1 unspecified atom stereocenters. The highest BCUT2D eigenvalue weighted by Crippen LogP contribution is 2.16. The molecule has 0 aliphatic heterocycles. The summed E-state index contributed by atoms with van der Waals surface area (Å²) in [6, 6.07) is 10.3. The first-order chi connectivity index (χ1) is 8.75. The lowest BCUT2D eigenvalue weighted by Crippen LogP contribution is -2.19. The summed E-state index contributed by atoms with van der Waals surface area (Å²) in [5, 5.41) is 3.15. The monoisotopic (exact) mass is 242 g/mol. The molecule has 0 bridgehead atoms. The van der Waals surface area contributed by atoms with Gasteiger partial charge in [0.2, 0.25) is 5.95 Å². The number of nitrogens with zero attached hydrogens (tertiary/aromatic N) is 2. The van der Waals surface area contributed by atoms with Gasteiger partial charge in [0, 0.05) is 30.5 Å². The van der Waals surface area contributed by atoms with Crippen LogP contribution in [0, 0.1) is 0 Å². The minimum absolute atomic E-state index is 0.195. The van der Waals surface area contributed by atoms with Gasteiger partial charge in [0.25, 0.3) is 0 Å². The summed E-state index contributed by atoms with van der Waals surface area (Å²) < 4.78 is 0. The predicted molar refractivity (Wildman–Crippen MR) is 74.2 cm³/mol. The molecule has 0 saturated carbocycles. The number of hydrogen-bond donors (Lipinski definition) is 2. The van der Waals surface area contributed by atoms with Crippen molar-refractivity contribution in [3.8, 4) is 11.1 Å². The molecule has 1 aromatic heterocycles. The minimum Gasteiger partial charge on any atom is -0.354 e. The zero-order chi connectivity index (χ0) is 12.8. The molecule has 0 amide bonds. The molecule has 4 nitrogen and oxygen atoms in total. The van der Waals surface area contributed by atoms with Crippen LogP contribution in [-0.2, 0) is 0 Å². The predicted octanol–water partition coefficient (Wildman–Crippen LogP) is 2.29. The van der Waals surface area contributed by atoms with Gasteiger partial charge in [-0.1, -0.05) is 30.3 Å². The Hall–Kier alpha value is -1.94. The van der Waals surface area contributed by atoms with Crippen LogP contribution < -0.4 is 11.1 Å². The fourth-order valence-electron chi connectivity index (χ4n) is 1.61. The number of anilines is 1. The van der Waals surface area contributed by atoms with Crippen LogP contribution in [0.1, 0.15) is 13.3 Å². The minimum atomic E-state index is 0.195. The lowest BCUT2D eigenvalue weighted by atomic mass is 10.1. The lowest BCUT2D eigenvalue weighted by Gasteiger charge is -2.07. The van der Waals surface area contributed by atoms with E-state index in [1.54, 1.807) is 0 Å². The second-order valence-electron chi connectivity index (χ2n) is 4.35. The average Bonchev–Trinajstić information content (AvgIpc) is 2.40. The number of nitrogens with two attached hydrogens (primary N) is 1. The molecule has 0 fully saturated rings. The Morgan fingerprint density at radius 2 is 1.78 bits per heavy atom. The van der Waals surface area contributed by atoms with Gasteiger partial charge in [0.15, 0.2) is 0 Å². The Balaban J connectivity index is 1.98. The van der Waals surface area contributed by atoms with Crippen LogP contribution in [0.3, 0.4) is 0 Å². The molecule has 1 heterocycles. The molecule has 1 atom stereocenters. The van der Waals surface area contributed by atoms with E-state index in [9.17, 15) is 0 Å². The van der Waals surface area contributed by atoms with Gasteiger partial charge >= 0.3 is 0 Å². The summed E-state index contributed by atoms with van der Waals surface area (Å²) in [7, 11) is 0. The summed E-state index contributed by atoms with van der Waals surface area (Å²) in [6.45, 7) is 2.78. The Bertz CT molecular complexity index is 465. The van der Waals surface area contributed by atoms with E-state index >= 15 is 0 Å². The fourth-order valence-corrected chi connectivity index (χ4v) is 1.61. The standard InChI is InChI=1S/C14H18N4/c1-11(15)7-8-16-14-17-9-13(10-18-14)12-5-3-2-4-6-12/h2-6,9-11H,7-8,15H2,1H3,(H,16,17,18). The van der Waals surface area contributed by atoms with Crippen LogP contribution >= 0.6 is 0 Å². The first-order valence-corrected chi connectivity index (χ1v) is 6.12. The van der Waals surface area contributed by atoms with Crippen molar-refractivity contribution in [3.05, 3.63) is 42.7 Å². The lowest BCUT2D eigenvalue weighted by molar-refractivity contribution is 0.688. The molecule has 2 aromatic rings. The van der Waals surface area contributed by atoms with E-state index in [0.29, 0.717) is 5.95 Å². The number of hydrogen-bond acceptors (Lipinski definition) is 4. The largest absolute Gasteiger partial charge is 0.354 e. The molecule has 0 radical (unpaired) electrons. The van der Waals surface area contributed by atoms with Crippen molar-refractivity contribution < 1.29 is 0 Å². The van der Waals surface area contributed by atoms with E-state index in [0.717, 1.165) is 24.1 Å². The van der Waals surface area contributed by atoms with Crippen LogP contribution in [0.2, 0.25) is 0 Å². The van der Waals surface area contributed by atoms with E-state index in [-0.39, 0.29) is 6.04 Å². The molecule has 0 aliphatic rings. The zero-order valence-electron chi connectivity index (χ0n) is 10.5. The van der Waals surface area contributed by atoms with Crippen LogP contribution in [-0.4, -0.2) is 22.6 Å². The summed E-state index contributed by atoms with van der Waals surface area (Å²) in [6.07, 6.45) is 4.57. The SMILES string of the molecule is CC(N)CCNc1ncc(-c2ccccc2)cn1. The molecular weight excluding hydrogens is 224 g/mol. The summed E-state index contributed by atoms with van der Waals surface area (Å²) in [4.78, 5) is 8.58. The van der Waals surface area contributed by atoms with Gasteiger partial charge < -0.3 is 11.1 Å². The number of aromatic nitrogens is 2. The van der Waals surface area contributed by atoms with E-state index in [4.69, 9.17) is 5.73 Å². The van der Waals surface area contributed by atoms with Crippen molar-refractivity contribution >= 4 is 5.95 Å². The second-order valence-corrected chi connectivity index (χ2v) is 4.35. The molecule has 2 rings (SSSR count). The molecule has 94 valence electrons. The third-order valence-electron chi connectivity index (χ3n) is 2.64. The highest BCUT2D eigenvalue weighted by atomic mass is 15.1. The summed E-state index contributed by atoms with van der Waals surface area (Å²) >= 11 is 0. The highest BCUT2D eigenvalue weighted by Gasteiger charge is 2.00. The van der Waals surface area contributed by atoms with Crippen molar-refractivity contribution in [2.24, 2.45) is 5.73 Å². The van der Waals surface area contributed by atoms with Gasteiger partial charge in [-0.2, -0.15) is 0 Å². The molecule has 0 aliphatic carbocycles. The first kappa shape index (κ1) is 12.5. The van der Waals surface area contributed by atoms with Crippen molar-refractivity contribution in [1.82, 2.24) is 9.97 Å². The van der Waals surface area contributed by atoms with Crippen molar-refractivity contribution in [3.63, 3.8) is 0 Å². The zero-order valence-corrected chi connectivity index (χ0v) is 10.5. The van der Waals surface area contributed by atoms with Crippen LogP contribution in [0.25, 0.3) is 11.1 Å². The third-order valence-corrected chi connectivity index (χ3v) is 2.64. The maximum atomic E-state index is 5.68. The van der Waals surface area contributed by atoms with Crippen LogP contribution in [0.15, 0.2) is 42.7 Å². The number of rotatable bonds is 5. The van der Waals surface area contributed by atoms with Gasteiger partial charge in [-0.3, -0.25) is 0 Å². The van der Waals surface area contributed by atoms with E-state index in [1.165, 1.54) is 0 Å². The van der Waals surface area contributed by atoms with E-state index in [2.05, 4.69) is 15.3 Å². The average molecular weight is 242 g/mol. The Kier molecular flexibility index (Phi) is 4.25. The Morgan fingerprint density at radius 1 is 1.11 bits per heavy atom. The van der Waals surface area contributed by atoms with Crippen molar-refractivity contribution in [1.29, 1.82) is 0 Å². The Morgan fingerprint density at radius 3 is 2.39 bits per heavy atom. The number of benzene rings is 1. The van der Waals surface area contributed by atoms with E-state index < -0.39 is 0 Å². The molecule has 1 aromatic carbocycles. The number of nitrogens with one attached hydrogen (secondary N) is 1. The highest BCUT2D eigenvalue weighted by molar-refractivity contribution is 5.61. The van der Waals surface area contributed by atoms with Gasteiger partial charge in [-0.15, -0.1) is 0 Å². The topological polar surface area (TPSA) is 63.8 Å².